The molecule has 3 aromatic rings. The summed E-state index contributed by atoms with van der Waals surface area (Å²) in [6.07, 6.45) is 4.44. The highest BCUT2D eigenvalue weighted by molar-refractivity contribution is 7.15. The highest BCUT2D eigenvalue weighted by Crippen LogP contribution is 2.19. The van der Waals surface area contributed by atoms with Gasteiger partial charge >= 0.3 is 0 Å². The molecule has 7 nitrogen and oxygen atoms in total. The van der Waals surface area contributed by atoms with Crippen LogP contribution in [0, 0.1) is 11.3 Å². The number of amides is 1. The Balaban J connectivity index is 1.38. The van der Waals surface area contributed by atoms with Crippen molar-refractivity contribution in [1.29, 1.82) is 5.26 Å². The van der Waals surface area contributed by atoms with E-state index in [0.717, 1.165) is 10.7 Å². The maximum Gasteiger partial charge on any atom is 0.226 e. The van der Waals surface area contributed by atoms with Crippen LogP contribution >= 0.6 is 11.3 Å². The largest absolute Gasteiger partial charge is 0.486 e. The van der Waals surface area contributed by atoms with Crippen molar-refractivity contribution in [2.75, 3.05) is 13.2 Å². The Morgan fingerprint density at radius 1 is 1.44 bits per heavy atom. The third-order valence-corrected chi connectivity index (χ3v) is 5.18. The Hall–Kier alpha value is -2.89. The van der Waals surface area contributed by atoms with Crippen molar-refractivity contribution in [3.63, 3.8) is 0 Å². The molecule has 1 aliphatic heterocycles. The van der Waals surface area contributed by atoms with Crippen molar-refractivity contribution in [2.45, 2.75) is 25.0 Å². The van der Waals surface area contributed by atoms with E-state index in [0.29, 0.717) is 30.9 Å². The predicted molar refractivity (Wildman–Crippen MR) is 99.7 cm³/mol. The maximum absolute atomic E-state index is 12.5. The minimum Gasteiger partial charge on any atom is -0.486 e. The molecule has 0 spiro atoms. The number of rotatable bonds is 5. The predicted octanol–water partition coefficient (Wildman–Crippen LogP) is 2.16. The van der Waals surface area contributed by atoms with E-state index >= 15 is 0 Å². The van der Waals surface area contributed by atoms with Gasteiger partial charge in [0.05, 0.1) is 36.4 Å². The molecule has 1 fully saturated rings. The first-order valence-electron chi connectivity index (χ1n) is 8.66. The lowest BCUT2D eigenvalue weighted by Gasteiger charge is -2.32. The summed E-state index contributed by atoms with van der Waals surface area (Å²) in [5.74, 6) is 0.569. The molecule has 2 atom stereocenters. The molecule has 1 aliphatic rings. The van der Waals surface area contributed by atoms with E-state index in [4.69, 9.17) is 14.7 Å². The summed E-state index contributed by atoms with van der Waals surface area (Å²) in [4.78, 5) is 17.8. The molecule has 1 aromatic carbocycles. The summed E-state index contributed by atoms with van der Waals surface area (Å²) >= 11 is 1.54. The van der Waals surface area contributed by atoms with Crippen molar-refractivity contribution in [2.24, 2.45) is 0 Å². The molecule has 8 heteroatoms. The van der Waals surface area contributed by atoms with Crippen molar-refractivity contribution in [3.8, 4) is 11.8 Å². The van der Waals surface area contributed by atoms with Gasteiger partial charge in [0.25, 0.3) is 0 Å². The summed E-state index contributed by atoms with van der Waals surface area (Å²) in [5.41, 5.74) is 1.32. The summed E-state index contributed by atoms with van der Waals surface area (Å²) in [6.45, 7) is 0.990. The van der Waals surface area contributed by atoms with Crippen molar-refractivity contribution >= 4 is 22.2 Å². The maximum atomic E-state index is 12.5. The van der Waals surface area contributed by atoms with E-state index in [1.165, 1.54) is 11.3 Å². The van der Waals surface area contributed by atoms with E-state index in [1.54, 1.807) is 24.3 Å². The first-order chi connectivity index (χ1) is 13.2. The molecular weight excluding hydrogens is 364 g/mol. The van der Waals surface area contributed by atoms with Gasteiger partial charge in [0.15, 0.2) is 4.96 Å². The van der Waals surface area contributed by atoms with Gasteiger partial charge in [0.1, 0.15) is 11.9 Å². The van der Waals surface area contributed by atoms with Gasteiger partial charge in [-0.2, -0.15) is 5.26 Å². The number of nitriles is 1. The third kappa shape index (κ3) is 4.10. The molecule has 2 aromatic heterocycles. The van der Waals surface area contributed by atoms with Crippen LogP contribution in [0.5, 0.6) is 5.75 Å². The van der Waals surface area contributed by atoms with Crippen LogP contribution in [0.1, 0.15) is 17.7 Å². The molecule has 0 radical (unpaired) electrons. The zero-order valence-corrected chi connectivity index (χ0v) is 15.3. The van der Waals surface area contributed by atoms with Crippen molar-refractivity contribution in [1.82, 2.24) is 14.7 Å². The number of fused-ring (bicyclic) bond motifs is 1. The van der Waals surface area contributed by atoms with Gasteiger partial charge in [-0.1, -0.05) is 0 Å². The molecule has 3 heterocycles. The van der Waals surface area contributed by atoms with Crippen LogP contribution in [0.15, 0.2) is 42.0 Å². The van der Waals surface area contributed by atoms with Crippen LogP contribution in [-0.2, 0) is 16.0 Å². The number of carbonyl (C=O) groups is 1. The number of nitrogens with one attached hydrogen (secondary N) is 1. The lowest BCUT2D eigenvalue weighted by molar-refractivity contribution is -0.123. The highest BCUT2D eigenvalue weighted by atomic mass is 32.1. The number of ether oxygens (including phenoxy) is 2. The van der Waals surface area contributed by atoms with Gasteiger partial charge in [-0.15, -0.1) is 11.3 Å². The molecule has 1 N–H and O–H groups in total. The average molecular weight is 382 g/mol. The van der Waals surface area contributed by atoms with E-state index in [2.05, 4.69) is 16.4 Å². The van der Waals surface area contributed by atoms with Gasteiger partial charge in [-0.3, -0.25) is 9.20 Å². The van der Waals surface area contributed by atoms with Crippen LogP contribution in [0.4, 0.5) is 0 Å². The van der Waals surface area contributed by atoms with Crippen LogP contribution in [-0.4, -0.2) is 40.7 Å². The first-order valence-corrected chi connectivity index (χ1v) is 9.54. The number of benzene rings is 1. The monoisotopic (exact) mass is 382 g/mol. The van der Waals surface area contributed by atoms with Gasteiger partial charge in [0, 0.05) is 24.4 Å². The van der Waals surface area contributed by atoms with Crippen LogP contribution in [0.25, 0.3) is 4.96 Å². The summed E-state index contributed by atoms with van der Waals surface area (Å²) in [5, 5.41) is 13.9. The van der Waals surface area contributed by atoms with Crippen LogP contribution in [0.3, 0.4) is 0 Å². The molecule has 0 aliphatic carbocycles. The lowest BCUT2D eigenvalue weighted by Crippen LogP contribution is -2.51. The summed E-state index contributed by atoms with van der Waals surface area (Å²) in [7, 11) is 0. The van der Waals surface area contributed by atoms with Gasteiger partial charge in [-0.05, 0) is 30.7 Å². The van der Waals surface area contributed by atoms with Gasteiger partial charge < -0.3 is 14.8 Å². The highest BCUT2D eigenvalue weighted by Gasteiger charge is 2.29. The van der Waals surface area contributed by atoms with E-state index in [1.807, 2.05) is 22.2 Å². The summed E-state index contributed by atoms with van der Waals surface area (Å²) < 4.78 is 13.4. The molecule has 0 bridgehead atoms. The number of hydrogen-bond acceptors (Lipinski definition) is 6. The Kier molecular flexibility index (Phi) is 5.05. The molecular formula is C19H18N4O3S. The fourth-order valence-corrected chi connectivity index (χ4v) is 3.78. The zero-order chi connectivity index (χ0) is 18.6. The Labute approximate surface area is 160 Å². The SMILES string of the molecule is N#Cc1ccc(O[C@@H]2COCC[C@H]2NC(=O)Cc2cn3ccsc3n2)cc1. The topological polar surface area (TPSA) is 88.6 Å². The minimum atomic E-state index is -0.277. The smallest absolute Gasteiger partial charge is 0.226 e. The second kappa shape index (κ2) is 7.78. The van der Waals surface area contributed by atoms with Gasteiger partial charge in [-0.25, -0.2) is 4.98 Å². The second-order valence-electron chi connectivity index (χ2n) is 6.33. The van der Waals surface area contributed by atoms with Crippen LogP contribution in [0.2, 0.25) is 0 Å². The number of aromatic nitrogens is 2. The van der Waals surface area contributed by atoms with E-state index in [9.17, 15) is 4.79 Å². The minimum absolute atomic E-state index is 0.0823. The number of hydrogen-bond donors (Lipinski definition) is 1. The van der Waals surface area contributed by atoms with E-state index < -0.39 is 0 Å². The Bertz CT molecular complexity index is 944. The second-order valence-corrected chi connectivity index (χ2v) is 7.20. The van der Waals surface area contributed by atoms with Crippen molar-refractivity contribution in [3.05, 3.63) is 53.3 Å². The fraction of sp³-hybridized carbons (Fsp3) is 0.316. The third-order valence-electron chi connectivity index (χ3n) is 4.41. The fourth-order valence-electron chi connectivity index (χ4n) is 3.06. The quantitative estimate of drug-likeness (QED) is 0.731. The number of nitrogens with zero attached hydrogens (tertiary/aromatic N) is 3. The Morgan fingerprint density at radius 2 is 2.30 bits per heavy atom. The molecule has 0 saturated carbocycles. The van der Waals surface area contributed by atoms with Gasteiger partial charge in [0.2, 0.25) is 5.91 Å². The normalized spacial score (nSPS) is 19.5. The number of imidazole rings is 1. The number of carbonyl (C=O) groups excluding carboxylic acids is 1. The molecule has 138 valence electrons. The molecule has 0 unspecified atom stereocenters. The average Bonchev–Trinajstić information content (AvgIpc) is 3.25. The lowest BCUT2D eigenvalue weighted by atomic mass is 10.1. The Morgan fingerprint density at radius 3 is 3.07 bits per heavy atom. The molecule has 4 rings (SSSR count). The molecule has 27 heavy (non-hydrogen) atoms. The molecule has 1 saturated heterocycles. The van der Waals surface area contributed by atoms with Crippen molar-refractivity contribution < 1.29 is 14.3 Å². The van der Waals surface area contributed by atoms with Crippen LogP contribution < -0.4 is 10.1 Å². The first kappa shape index (κ1) is 17.5. The standard InChI is InChI=1S/C19H18N4O3S/c20-10-13-1-3-15(4-2-13)26-17-12-25-7-5-16(17)22-18(24)9-14-11-23-6-8-27-19(23)21-14/h1-4,6,8,11,16-17H,5,7,9,12H2,(H,22,24)/t16-,17-/m1/s1. The zero-order valence-electron chi connectivity index (χ0n) is 14.5. The molecule has 1 amide bonds. The number of thiazole rings is 1. The van der Waals surface area contributed by atoms with E-state index in [-0.39, 0.29) is 24.5 Å². The summed E-state index contributed by atoms with van der Waals surface area (Å²) in [6, 6.07) is 8.86.